The maximum absolute atomic E-state index is 4.63. The molecule has 1 atom stereocenters. The molecule has 42 heavy (non-hydrogen) atoms. The lowest BCUT2D eigenvalue weighted by Gasteiger charge is -2.22. The molecule has 0 aromatic heterocycles. The number of anilines is 4. The molecule has 0 fully saturated rings. The van der Waals surface area contributed by atoms with Crippen molar-refractivity contribution >= 4 is 34.5 Å². The van der Waals surface area contributed by atoms with Crippen LogP contribution < -0.4 is 10.6 Å². The number of nitrogens with one attached hydrogen (secondary N) is 2. The van der Waals surface area contributed by atoms with Crippen molar-refractivity contribution in [2.45, 2.75) is 19.9 Å². The minimum atomic E-state index is 0.495. The molecule has 3 nitrogen and oxygen atoms in total. The summed E-state index contributed by atoms with van der Waals surface area (Å²) in [4.78, 5) is 4.63. The van der Waals surface area contributed by atoms with Crippen LogP contribution >= 0.6 is 0 Å². The second kappa shape index (κ2) is 13.0. The first-order chi connectivity index (χ1) is 20.7. The van der Waals surface area contributed by atoms with E-state index in [1.54, 1.807) is 0 Å². The number of para-hydroxylation sites is 1. The predicted octanol–water partition coefficient (Wildman–Crippen LogP) is 10.4. The Morgan fingerprint density at radius 1 is 0.690 bits per heavy atom. The zero-order chi connectivity index (χ0) is 28.6. The van der Waals surface area contributed by atoms with Gasteiger partial charge < -0.3 is 10.6 Å². The van der Waals surface area contributed by atoms with Gasteiger partial charge in [-0.25, -0.2) is 0 Å². The fourth-order valence-electron chi connectivity index (χ4n) is 5.25. The fourth-order valence-corrected chi connectivity index (χ4v) is 5.25. The molecule has 1 aliphatic rings. The number of rotatable bonds is 9. The highest BCUT2D eigenvalue weighted by Crippen LogP contribution is 2.40. The van der Waals surface area contributed by atoms with Crippen molar-refractivity contribution in [2.24, 2.45) is 10.9 Å². The van der Waals surface area contributed by atoms with Crippen LogP contribution in [0.4, 0.5) is 22.7 Å². The van der Waals surface area contributed by atoms with Gasteiger partial charge in [0.15, 0.2) is 0 Å². The molecule has 0 spiro atoms. The third-order valence-electron chi connectivity index (χ3n) is 7.42. The van der Waals surface area contributed by atoms with Crippen LogP contribution in [-0.4, -0.2) is 6.21 Å². The monoisotopic (exact) mass is 545 g/mol. The maximum Gasteiger partial charge on any atom is 0.0639 e. The molecule has 0 saturated heterocycles. The van der Waals surface area contributed by atoms with E-state index in [0.29, 0.717) is 12.5 Å². The van der Waals surface area contributed by atoms with E-state index < -0.39 is 0 Å². The predicted molar refractivity (Wildman–Crippen MR) is 180 cm³/mol. The van der Waals surface area contributed by atoms with E-state index >= 15 is 0 Å². The van der Waals surface area contributed by atoms with Crippen molar-refractivity contribution in [3.05, 3.63) is 162 Å². The molecule has 0 amide bonds. The average molecular weight is 546 g/mol. The number of hydrogen-bond donors (Lipinski definition) is 2. The topological polar surface area (TPSA) is 36.4 Å². The number of aliphatic imine (C=N–C) groups is 1. The minimum absolute atomic E-state index is 0.495. The molecular formula is C39H35N3. The van der Waals surface area contributed by atoms with Crippen LogP contribution in [0.3, 0.4) is 0 Å². The molecule has 3 heteroatoms. The molecule has 5 aromatic carbocycles. The lowest BCUT2D eigenvalue weighted by Crippen LogP contribution is -2.03. The molecule has 6 rings (SSSR count). The molecule has 5 aromatic rings. The van der Waals surface area contributed by atoms with Crippen LogP contribution in [-0.2, 0) is 6.54 Å². The van der Waals surface area contributed by atoms with Gasteiger partial charge in [-0.15, -0.1) is 0 Å². The quantitative estimate of drug-likeness (QED) is 0.181. The summed E-state index contributed by atoms with van der Waals surface area (Å²) >= 11 is 0. The van der Waals surface area contributed by atoms with Gasteiger partial charge in [0.2, 0.25) is 0 Å². The Balaban J connectivity index is 1.35. The molecule has 0 radical (unpaired) electrons. The van der Waals surface area contributed by atoms with E-state index in [4.69, 9.17) is 0 Å². The van der Waals surface area contributed by atoms with Gasteiger partial charge in [-0.05, 0) is 71.0 Å². The molecule has 0 heterocycles. The van der Waals surface area contributed by atoms with Gasteiger partial charge in [-0.2, -0.15) is 0 Å². The zero-order valence-electron chi connectivity index (χ0n) is 23.9. The van der Waals surface area contributed by atoms with E-state index in [1.807, 2.05) is 30.5 Å². The van der Waals surface area contributed by atoms with Crippen LogP contribution in [0, 0.1) is 5.92 Å². The third kappa shape index (κ3) is 6.76. The molecule has 0 unspecified atom stereocenters. The van der Waals surface area contributed by atoms with Gasteiger partial charge >= 0.3 is 0 Å². The van der Waals surface area contributed by atoms with Gasteiger partial charge in [-0.1, -0.05) is 116 Å². The van der Waals surface area contributed by atoms with Gasteiger partial charge in [0, 0.05) is 40.1 Å². The third-order valence-corrected chi connectivity index (χ3v) is 7.42. The first kappa shape index (κ1) is 27.0. The Kier molecular flexibility index (Phi) is 8.38. The van der Waals surface area contributed by atoms with Gasteiger partial charge in [-0.3, -0.25) is 4.99 Å². The molecule has 0 bridgehead atoms. The molecule has 0 aliphatic heterocycles. The molecule has 2 N–H and O–H groups in total. The zero-order valence-corrected chi connectivity index (χ0v) is 23.9. The fraction of sp³-hybridized carbons (Fsp3) is 0.103. The van der Waals surface area contributed by atoms with Crippen molar-refractivity contribution in [3.63, 3.8) is 0 Å². The Morgan fingerprint density at radius 2 is 1.31 bits per heavy atom. The smallest absolute Gasteiger partial charge is 0.0639 e. The lowest BCUT2D eigenvalue weighted by atomic mass is 9.90. The number of nitrogens with zero attached hydrogens (tertiary/aromatic N) is 1. The standard InChI is InChI=1S/C39H35N3/c1-29-12-11-17-33(24-29)37-25-36(32-15-7-3-8-16-32)38(41-34-18-9-4-10-19-34)26-39(37)42-35-22-20-31(21-23-35)28-40-27-30-13-5-2-6-14-30/h2-11,13-26,28-29,41-42H,12,27H2,1H3/b40-28+/t29-/m0/s1. The highest BCUT2D eigenvalue weighted by Gasteiger charge is 2.16. The molecule has 206 valence electrons. The first-order valence-electron chi connectivity index (χ1n) is 14.6. The van der Waals surface area contributed by atoms with Crippen molar-refractivity contribution in [1.82, 2.24) is 0 Å². The summed E-state index contributed by atoms with van der Waals surface area (Å²) in [5.41, 5.74) is 11.2. The van der Waals surface area contributed by atoms with Crippen LogP contribution in [0.15, 0.2) is 151 Å². The van der Waals surface area contributed by atoms with E-state index in [2.05, 4.69) is 144 Å². The van der Waals surface area contributed by atoms with E-state index in [0.717, 1.165) is 40.3 Å². The van der Waals surface area contributed by atoms with Gasteiger partial charge in [0.25, 0.3) is 0 Å². The number of hydrogen-bond acceptors (Lipinski definition) is 3. The Hall–Kier alpha value is -5.15. The van der Waals surface area contributed by atoms with Crippen molar-refractivity contribution < 1.29 is 0 Å². The molecular weight excluding hydrogens is 510 g/mol. The first-order valence-corrected chi connectivity index (χ1v) is 14.6. The second-order valence-electron chi connectivity index (χ2n) is 10.7. The molecule has 0 saturated carbocycles. The lowest BCUT2D eigenvalue weighted by molar-refractivity contribution is 0.740. The largest absolute Gasteiger partial charge is 0.355 e. The van der Waals surface area contributed by atoms with Crippen molar-refractivity contribution in [3.8, 4) is 11.1 Å². The van der Waals surface area contributed by atoms with Gasteiger partial charge in [0.1, 0.15) is 0 Å². The summed E-state index contributed by atoms with van der Waals surface area (Å²) in [6.07, 6.45) is 9.93. The summed E-state index contributed by atoms with van der Waals surface area (Å²) < 4.78 is 0. The van der Waals surface area contributed by atoms with Crippen molar-refractivity contribution in [2.75, 3.05) is 10.6 Å². The SMILES string of the molecule is C[C@@H]1C=C(c2cc(-c3ccccc3)c(Nc3ccccc3)cc2Nc2ccc(/C=N/Cc3ccccc3)cc2)C=CC1. The van der Waals surface area contributed by atoms with Crippen LogP contribution in [0.5, 0.6) is 0 Å². The minimum Gasteiger partial charge on any atom is -0.355 e. The maximum atomic E-state index is 4.63. The molecule has 1 aliphatic carbocycles. The van der Waals surface area contributed by atoms with E-state index in [-0.39, 0.29) is 0 Å². The van der Waals surface area contributed by atoms with Crippen LogP contribution in [0.2, 0.25) is 0 Å². The Labute approximate surface area is 249 Å². The Bertz CT molecular complexity index is 1700. The second-order valence-corrected chi connectivity index (χ2v) is 10.7. The number of allylic oxidation sites excluding steroid dienone is 4. The summed E-state index contributed by atoms with van der Waals surface area (Å²) in [5.74, 6) is 0.495. The summed E-state index contributed by atoms with van der Waals surface area (Å²) in [7, 11) is 0. The van der Waals surface area contributed by atoms with E-state index in [9.17, 15) is 0 Å². The van der Waals surface area contributed by atoms with Crippen molar-refractivity contribution in [1.29, 1.82) is 0 Å². The highest BCUT2D eigenvalue weighted by molar-refractivity contribution is 5.93. The Morgan fingerprint density at radius 3 is 2.00 bits per heavy atom. The summed E-state index contributed by atoms with van der Waals surface area (Å²) in [6.45, 7) is 2.95. The number of benzene rings is 5. The van der Waals surface area contributed by atoms with E-state index in [1.165, 1.54) is 22.3 Å². The summed E-state index contributed by atoms with van der Waals surface area (Å²) in [6, 6.07) is 44.3. The summed E-state index contributed by atoms with van der Waals surface area (Å²) in [5, 5.41) is 7.43. The normalized spacial score (nSPS) is 14.5. The van der Waals surface area contributed by atoms with Gasteiger partial charge in [0.05, 0.1) is 6.54 Å². The highest BCUT2D eigenvalue weighted by atomic mass is 14.9. The average Bonchev–Trinajstić information content (AvgIpc) is 3.03. The van der Waals surface area contributed by atoms with Crippen LogP contribution in [0.1, 0.15) is 30.0 Å². The van der Waals surface area contributed by atoms with Crippen LogP contribution in [0.25, 0.3) is 16.7 Å².